The molecule has 3 heterocycles. The van der Waals surface area contributed by atoms with E-state index in [1.54, 1.807) is 6.07 Å². The largest absolute Gasteiger partial charge is 0.338 e. The van der Waals surface area contributed by atoms with Crippen molar-refractivity contribution in [3.8, 4) is 0 Å². The molecule has 25 heavy (non-hydrogen) atoms. The molecule has 3 rings (SSSR count). The van der Waals surface area contributed by atoms with Gasteiger partial charge in [0.05, 0.1) is 17.8 Å². The van der Waals surface area contributed by atoms with Crippen molar-refractivity contribution in [2.75, 3.05) is 31.5 Å². The third-order valence-corrected chi connectivity index (χ3v) is 4.60. The lowest BCUT2D eigenvalue weighted by Gasteiger charge is -2.38. The van der Waals surface area contributed by atoms with Gasteiger partial charge in [-0.2, -0.15) is 4.98 Å². The zero-order chi connectivity index (χ0) is 18.0. The zero-order valence-electron chi connectivity index (χ0n) is 15.0. The molecule has 2 unspecified atom stereocenters. The average molecular weight is 348 g/mol. The molecule has 2 aromatic rings. The van der Waals surface area contributed by atoms with Crippen molar-refractivity contribution in [1.29, 1.82) is 0 Å². The number of carbonyl (C=O) groups is 1. The first-order valence-corrected chi connectivity index (χ1v) is 8.46. The van der Waals surface area contributed by atoms with E-state index >= 15 is 0 Å². The highest BCUT2D eigenvalue weighted by molar-refractivity contribution is 5.93. The Labute approximate surface area is 146 Å². The van der Waals surface area contributed by atoms with Crippen LogP contribution in [0.15, 0.2) is 15.1 Å². The van der Waals surface area contributed by atoms with Gasteiger partial charge in [0.15, 0.2) is 5.82 Å². The van der Waals surface area contributed by atoms with Crippen molar-refractivity contribution in [3.05, 3.63) is 23.5 Å². The van der Waals surface area contributed by atoms with E-state index in [0.29, 0.717) is 17.6 Å². The first kappa shape index (κ1) is 17.6. The van der Waals surface area contributed by atoms with Gasteiger partial charge in [-0.3, -0.25) is 19.9 Å². The summed E-state index contributed by atoms with van der Waals surface area (Å²) in [7, 11) is 0. The summed E-state index contributed by atoms with van der Waals surface area (Å²) in [5.41, 5.74) is 0.738. The molecule has 1 aliphatic heterocycles. The molecule has 0 bridgehead atoms. The van der Waals surface area contributed by atoms with Crippen LogP contribution in [0.4, 0.5) is 5.88 Å². The fraction of sp³-hybridized carbons (Fsp3) is 0.625. The Bertz CT molecular complexity index is 719. The summed E-state index contributed by atoms with van der Waals surface area (Å²) >= 11 is 0. The molecule has 0 spiro atoms. The molecule has 0 radical (unpaired) electrons. The van der Waals surface area contributed by atoms with Crippen LogP contribution in [0, 0.1) is 13.8 Å². The van der Waals surface area contributed by atoms with Crippen LogP contribution in [0.5, 0.6) is 0 Å². The van der Waals surface area contributed by atoms with Crippen LogP contribution in [0.25, 0.3) is 0 Å². The highest BCUT2D eigenvalue weighted by atomic mass is 16.5. The van der Waals surface area contributed by atoms with Gasteiger partial charge in [-0.15, -0.1) is 0 Å². The van der Waals surface area contributed by atoms with Crippen molar-refractivity contribution < 1.29 is 13.8 Å². The number of nitrogens with one attached hydrogen (secondary N) is 1. The Hall–Kier alpha value is -2.26. The van der Waals surface area contributed by atoms with Gasteiger partial charge >= 0.3 is 0 Å². The quantitative estimate of drug-likeness (QED) is 0.865. The van der Waals surface area contributed by atoms with Gasteiger partial charge in [-0.05, 0) is 27.7 Å². The average Bonchev–Trinajstić information content (AvgIpc) is 3.22. The van der Waals surface area contributed by atoms with E-state index in [0.717, 1.165) is 31.9 Å². The topological polar surface area (TPSA) is 101 Å². The second-order valence-corrected chi connectivity index (χ2v) is 6.43. The molecule has 2 aromatic heterocycles. The number of aromatic nitrogens is 3. The molecule has 1 amide bonds. The van der Waals surface area contributed by atoms with Crippen LogP contribution in [-0.2, 0) is 4.79 Å². The van der Waals surface area contributed by atoms with Crippen LogP contribution >= 0.6 is 0 Å². The molecule has 136 valence electrons. The molecule has 1 aliphatic rings. The number of hydrogen-bond acceptors (Lipinski definition) is 8. The minimum atomic E-state index is -0.242. The third-order valence-electron chi connectivity index (χ3n) is 4.60. The number of nitrogens with zero attached hydrogens (tertiary/aromatic N) is 5. The monoisotopic (exact) mass is 348 g/mol. The summed E-state index contributed by atoms with van der Waals surface area (Å²) < 4.78 is 10.3. The molecule has 2 atom stereocenters. The van der Waals surface area contributed by atoms with Gasteiger partial charge in [0, 0.05) is 32.2 Å². The standard InChI is InChI=1S/C16H24N6O3/c1-10-9-14(24-19-10)18-15(23)11(2)21-5-7-22(8-6-21)12(3)16-17-13(4)20-25-16/h9,11-12H,5-8H2,1-4H3,(H,18,23). The fourth-order valence-corrected chi connectivity index (χ4v) is 2.97. The Kier molecular flexibility index (Phi) is 5.14. The predicted molar refractivity (Wildman–Crippen MR) is 89.9 cm³/mol. The summed E-state index contributed by atoms with van der Waals surface area (Å²) in [6.45, 7) is 10.8. The van der Waals surface area contributed by atoms with Crippen molar-refractivity contribution in [3.63, 3.8) is 0 Å². The highest BCUT2D eigenvalue weighted by Crippen LogP contribution is 2.21. The maximum Gasteiger partial charge on any atom is 0.243 e. The number of hydrogen-bond donors (Lipinski definition) is 1. The maximum absolute atomic E-state index is 12.4. The Morgan fingerprint density at radius 3 is 2.36 bits per heavy atom. The molecule has 0 aliphatic carbocycles. The van der Waals surface area contributed by atoms with Gasteiger partial charge in [0.2, 0.25) is 17.7 Å². The number of amides is 1. The van der Waals surface area contributed by atoms with E-state index in [1.807, 2.05) is 20.8 Å². The molecule has 9 heteroatoms. The zero-order valence-corrected chi connectivity index (χ0v) is 15.0. The van der Waals surface area contributed by atoms with Gasteiger partial charge in [0.1, 0.15) is 0 Å². The minimum absolute atomic E-state index is 0.0738. The molecule has 1 fully saturated rings. The first-order chi connectivity index (χ1) is 11.9. The van der Waals surface area contributed by atoms with E-state index in [9.17, 15) is 4.79 Å². The Morgan fingerprint density at radius 2 is 1.80 bits per heavy atom. The summed E-state index contributed by atoms with van der Waals surface area (Å²) in [6.07, 6.45) is 0. The van der Waals surface area contributed by atoms with Crippen molar-refractivity contribution >= 4 is 11.8 Å². The number of rotatable bonds is 5. The van der Waals surface area contributed by atoms with Crippen LogP contribution < -0.4 is 5.32 Å². The summed E-state index contributed by atoms with van der Waals surface area (Å²) in [6, 6.07) is 1.54. The summed E-state index contributed by atoms with van der Waals surface area (Å²) in [5.74, 6) is 1.57. The van der Waals surface area contributed by atoms with Gasteiger partial charge in [-0.1, -0.05) is 10.3 Å². The van der Waals surface area contributed by atoms with E-state index in [4.69, 9.17) is 9.05 Å². The smallest absolute Gasteiger partial charge is 0.243 e. The van der Waals surface area contributed by atoms with Crippen molar-refractivity contribution in [2.45, 2.75) is 39.8 Å². The fourth-order valence-electron chi connectivity index (χ4n) is 2.97. The third kappa shape index (κ3) is 4.05. The Morgan fingerprint density at radius 1 is 1.12 bits per heavy atom. The first-order valence-electron chi connectivity index (χ1n) is 8.46. The molecular weight excluding hydrogens is 324 g/mol. The van der Waals surface area contributed by atoms with Crippen molar-refractivity contribution in [1.82, 2.24) is 25.1 Å². The lowest BCUT2D eigenvalue weighted by atomic mass is 10.2. The second-order valence-electron chi connectivity index (χ2n) is 6.43. The van der Waals surface area contributed by atoms with Crippen molar-refractivity contribution in [2.24, 2.45) is 0 Å². The second kappa shape index (κ2) is 7.32. The van der Waals surface area contributed by atoms with Gasteiger partial charge in [0.25, 0.3) is 0 Å². The molecule has 9 nitrogen and oxygen atoms in total. The van der Waals surface area contributed by atoms with Crippen LogP contribution in [0.3, 0.4) is 0 Å². The molecule has 1 saturated heterocycles. The SMILES string of the molecule is Cc1cc(NC(=O)C(C)N2CCN(C(C)c3nc(C)no3)CC2)on1. The lowest BCUT2D eigenvalue weighted by Crippen LogP contribution is -2.53. The van der Waals surface area contributed by atoms with E-state index in [-0.39, 0.29) is 18.0 Å². The predicted octanol–water partition coefficient (Wildman–Crippen LogP) is 1.38. The normalized spacial score (nSPS) is 18.9. The van der Waals surface area contributed by atoms with Crippen LogP contribution in [-0.4, -0.2) is 63.2 Å². The van der Waals surface area contributed by atoms with Gasteiger partial charge < -0.3 is 9.05 Å². The molecule has 0 saturated carbocycles. The summed E-state index contributed by atoms with van der Waals surface area (Å²) in [4.78, 5) is 21.1. The summed E-state index contributed by atoms with van der Waals surface area (Å²) in [5, 5.41) is 10.4. The van der Waals surface area contributed by atoms with E-state index < -0.39 is 0 Å². The van der Waals surface area contributed by atoms with Crippen LogP contribution in [0.1, 0.15) is 37.3 Å². The van der Waals surface area contributed by atoms with E-state index in [1.165, 1.54) is 0 Å². The van der Waals surface area contributed by atoms with Crippen LogP contribution in [0.2, 0.25) is 0 Å². The number of carbonyl (C=O) groups excluding carboxylic acids is 1. The molecule has 0 aromatic carbocycles. The highest BCUT2D eigenvalue weighted by Gasteiger charge is 2.29. The van der Waals surface area contributed by atoms with Gasteiger partial charge in [-0.25, -0.2) is 0 Å². The Balaban J connectivity index is 1.51. The number of piperazine rings is 1. The number of aryl methyl sites for hydroxylation is 2. The lowest BCUT2D eigenvalue weighted by molar-refractivity contribution is -0.121. The van der Waals surface area contributed by atoms with E-state index in [2.05, 4.69) is 37.3 Å². The molecular formula is C16H24N6O3. The molecule has 1 N–H and O–H groups in total. The minimum Gasteiger partial charge on any atom is -0.338 e. The number of anilines is 1. The maximum atomic E-state index is 12.4.